The monoisotopic (exact) mass is 330 g/mol. The summed E-state index contributed by atoms with van der Waals surface area (Å²) in [6.45, 7) is 5.05. The first-order chi connectivity index (χ1) is 11.0. The maximum Gasteiger partial charge on any atom is 0.252 e. The number of carbonyl (C=O) groups is 2. The lowest BCUT2D eigenvalue weighted by Gasteiger charge is -2.19. The van der Waals surface area contributed by atoms with E-state index in [2.05, 4.69) is 37.4 Å². The minimum Gasteiger partial charge on any atom is -0.351 e. The molecule has 23 heavy (non-hydrogen) atoms. The summed E-state index contributed by atoms with van der Waals surface area (Å²) in [6.07, 6.45) is 0.303. The van der Waals surface area contributed by atoms with Crippen LogP contribution < -0.4 is 5.32 Å². The summed E-state index contributed by atoms with van der Waals surface area (Å²) < 4.78 is 0. The summed E-state index contributed by atoms with van der Waals surface area (Å²) >= 11 is 1.48. The number of nitrogens with zero attached hydrogens (tertiary/aromatic N) is 1. The molecule has 0 saturated heterocycles. The highest BCUT2D eigenvalue weighted by Gasteiger charge is 2.12. The fourth-order valence-corrected chi connectivity index (χ4v) is 2.97. The molecule has 2 aromatic rings. The number of carbonyl (C=O) groups excluding carboxylic acids is 2. The molecule has 1 N–H and O–H groups in total. The summed E-state index contributed by atoms with van der Waals surface area (Å²) in [5.74, 6) is -0.105. The minimum absolute atomic E-state index is 0.0237. The maximum atomic E-state index is 12.2. The molecule has 122 valence electrons. The van der Waals surface area contributed by atoms with Crippen LogP contribution in [0.15, 0.2) is 35.0 Å². The van der Waals surface area contributed by atoms with Gasteiger partial charge in [0.15, 0.2) is 0 Å². The van der Waals surface area contributed by atoms with Gasteiger partial charge in [0.1, 0.15) is 0 Å². The number of hydrogen-bond donors (Lipinski definition) is 1. The lowest BCUT2D eigenvalue weighted by Crippen LogP contribution is -2.31. The van der Waals surface area contributed by atoms with Gasteiger partial charge in [0, 0.05) is 37.5 Å². The fourth-order valence-electron chi connectivity index (χ4n) is 2.34. The van der Waals surface area contributed by atoms with E-state index in [0.717, 1.165) is 5.56 Å². The molecule has 0 spiro atoms. The molecule has 0 atom stereocenters. The molecular formula is C18H22N2O2S. The lowest BCUT2D eigenvalue weighted by molar-refractivity contribution is -0.130. The van der Waals surface area contributed by atoms with Crippen molar-refractivity contribution in [3.63, 3.8) is 0 Å². The van der Waals surface area contributed by atoms with Crippen LogP contribution in [0.1, 0.15) is 33.5 Å². The maximum absolute atomic E-state index is 12.2. The number of thiophene rings is 1. The van der Waals surface area contributed by atoms with Crippen molar-refractivity contribution in [1.82, 2.24) is 10.2 Å². The molecule has 0 fully saturated rings. The van der Waals surface area contributed by atoms with Gasteiger partial charge in [-0.2, -0.15) is 11.3 Å². The molecule has 0 aliphatic carbocycles. The molecule has 1 heterocycles. The van der Waals surface area contributed by atoms with Crippen molar-refractivity contribution >= 4 is 23.2 Å². The van der Waals surface area contributed by atoms with Gasteiger partial charge in [-0.05, 0) is 36.4 Å². The van der Waals surface area contributed by atoms with Crippen molar-refractivity contribution in [1.29, 1.82) is 0 Å². The van der Waals surface area contributed by atoms with E-state index in [0.29, 0.717) is 25.1 Å². The van der Waals surface area contributed by atoms with Crippen molar-refractivity contribution in [3.8, 4) is 0 Å². The number of hydrogen-bond acceptors (Lipinski definition) is 3. The van der Waals surface area contributed by atoms with Gasteiger partial charge in [-0.3, -0.25) is 9.59 Å². The van der Waals surface area contributed by atoms with Crippen LogP contribution in [0.5, 0.6) is 0 Å². The molecular weight excluding hydrogens is 308 g/mol. The number of benzene rings is 1. The second-order valence-electron chi connectivity index (χ2n) is 5.70. The SMILES string of the molecule is Cc1ccc(CN(C)C(=O)CCNC(=O)c2ccsc2)c(C)c1. The van der Waals surface area contributed by atoms with E-state index in [1.54, 1.807) is 23.4 Å². The Morgan fingerprint density at radius 3 is 2.65 bits per heavy atom. The standard InChI is InChI=1S/C18H22N2O2S/c1-13-4-5-15(14(2)10-13)11-20(3)17(21)6-8-19-18(22)16-7-9-23-12-16/h4-5,7,9-10,12H,6,8,11H2,1-3H3,(H,19,22). The van der Waals surface area contributed by atoms with E-state index in [-0.39, 0.29) is 11.8 Å². The van der Waals surface area contributed by atoms with E-state index in [1.807, 2.05) is 5.38 Å². The summed E-state index contributed by atoms with van der Waals surface area (Å²) in [6, 6.07) is 8.01. The molecule has 0 radical (unpaired) electrons. The Bertz CT molecular complexity index is 680. The van der Waals surface area contributed by atoms with Crippen LogP contribution >= 0.6 is 11.3 Å². The van der Waals surface area contributed by atoms with E-state index >= 15 is 0 Å². The Kier molecular flexibility index (Phi) is 5.93. The first kappa shape index (κ1) is 17.2. The Balaban J connectivity index is 1.79. The summed E-state index contributed by atoms with van der Waals surface area (Å²) in [7, 11) is 1.79. The predicted octanol–water partition coefficient (Wildman–Crippen LogP) is 3.14. The van der Waals surface area contributed by atoms with E-state index in [9.17, 15) is 9.59 Å². The lowest BCUT2D eigenvalue weighted by atomic mass is 10.1. The van der Waals surface area contributed by atoms with Gasteiger partial charge in [-0.25, -0.2) is 0 Å². The van der Waals surface area contributed by atoms with Crippen LogP contribution in [0, 0.1) is 13.8 Å². The minimum atomic E-state index is -0.129. The van der Waals surface area contributed by atoms with Gasteiger partial charge in [-0.1, -0.05) is 23.8 Å². The molecule has 2 rings (SSSR count). The molecule has 4 nitrogen and oxygen atoms in total. The van der Waals surface area contributed by atoms with Crippen LogP contribution in [0.25, 0.3) is 0 Å². The van der Waals surface area contributed by atoms with Gasteiger partial charge in [0.25, 0.3) is 5.91 Å². The molecule has 0 aliphatic rings. The van der Waals surface area contributed by atoms with Crippen molar-refractivity contribution in [2.24, 2.45) is 0 Å². The van der Waals surface area contributed by atoms with Gasteiger partial charge in [0.2, 0.25) is 5.91 Å². The normalized spacial score (nSPS) is 10.4. The molecule has 1 aromatic carbocycles. The van der Waals surface area contributed by atoms with E-state index < -0.39 is 0 Å². The number of nitrogens with one attached hydrogen (secondary N) is 1. The van der Waals surface area contributed by atoms with Gasteiger partial charge >= 0.3 is 0 Å². The van der Waals surface area contributed by atoms with Crippen LogP contribution in [-0.2, 0) is 11.3 Å². The van der Waals surface area contributed by atoms with Crippen LogP contribution in [-0.4, -0.2) is 30.3 Å². The topological polar surface area (TPSA) is 49.4 Å². The highest BCUT2D eigenvalue weighted by atomic mass is 32.1. The smallest absolute Gasteiger partial charge is 0.252 e. The fraction of sp³-hybridized carbons (Fsp3) is 0.333. The summed E-state index contributed by atoms with van der Waals surface area (Å²) in [5.41, 5.74) is 4.20. The Morgan fingerprint density at radius 1 is 1.22 bits per heavy atom. The molecule has 5 heteroatoms. The van der Waals surface area contributed by atoms with Crippen molar-refractivity contribution in [2.75, 3.05) is 13.6 Å². The number of aryl methyl sites for hydroxylation is 2. The predicted molar refractivity (Wildman–Crippen MR) is 93.7 cm³/mol. The van der Waals surface area contributed by atoms with Gasteiger partial charge in [-0.15, -0.1) is 0 Å². The number of rotatable bonds is 6. The largest absolute Gasteiger partial charge is 0.351 e. The first-order valence-corrected chi connectivity index (χ1v) is 8.52. The highest BCUT2D eigenvalue weighted by molar-refractivity contribution is 7.08. The quantitative estimate of drug-likeness (QED) is 0.884. The Morgan fingerprint density at radius 2 is 2.00 bits per heavy atom. The van der Waals surface area contributed by atoms with Gasteiger partial charge in [0.05, 0.1) is 0 Å². The zero-order valence-electron chi connectivity index (χ0n) is 13.8. The number of amides is 2. The third-order valence-electron chi connectivity index (χ3n) is 3.74. The third-order valence-corrected chi connectivity index (χ3v) is 4.42. The van der Waals surface area contributed by atoms with E-state index in [4.69, 9.17) is 0 Å². The molecule has 0 saturated carbocycles. The molecule has 0 aliphatic heterocycles. The van der Waals surface area contributed by atoms with Crippen LogP contribution in [0.4, 0.5) is 0 Å². The Hall–Kier alpha value is -2.14. The van der Waals surface area contributed by atoms with Crippen molar-refractivity contribution in [3.05, 3.63) is 57.3 Å². The van der Waals surface area contributed by atoms with Gasteiger partial charge < -0.3 is 10.2 Å². The van der Waals surface area contributed by atoms with Crippen molar-refractivity contribution < 1.29 is 9.59 Å². The third kappa shape index (κ3) is 4.93. The molecule has 0 bridgehead atoms. The second kappa shape index (κ2) is 7.92. The highest BCUT2D eigenvalue weighted by Crippen LogP contribution is 2.13. The zero-order chi connectivity index (χ0) is 16.8. The average Bonchev–Trinajstić information content (AvgIpc) is 3.04. The summed E-state index contributed by atoms with van der Waals surface area (Å²) in [4.78, 5) is 25.7. The Labute approximate surface area is 141 Å². The molecule has 0 unspecified atom stereocenters. The van der Waals surface area contributed by atoms with E-state index in [1.165, 1.54) is 22.5 Å². The van der Waals surface area contributed by atoms with Crippen LogP contribution in [0.2, 0.25) is 0 Å². The summed E-state index contributed by atoms with van der Waals surface area (Å²) in [5, 5.41) is 6.43. The van der Waals surface area contributed by atoms with Crippen molar-refractivity contribution in [2.45, 2.75) is 26.8 Å². The first-order valence-electron chi connectivity index (χ1n) is 7.58. The molecule has 2 amide bonds. The zero-order valence-corrected chi connectivity index (χ0v) is 14.6. The average molecular weight is 330 g/mol. The van der Waals surface area contributed by atoms with Crippen LogP contribution in [0.3, 0.4) is 0 Å². The molecule has 1 aromatic heterocycles. The second-order valence-corrected chi connectivity index (χ2v) is 6.48.